The average Bonchev–Trinajstić information content (AvgIpc) is 2.80. The van der Waals surface area contributed by atoms with Crippen LogP contribution in [0.2, 0.25) is 0 Å². The summed E-state index contributed by atoms with van der Waals surface area (Å²) in [5, 5.41) is 0. The van der Waals surface area contributed by atoms with Gasteiger partial charge in [-0.15, -0.1) is 0 Å². The fourth-order valence-electron chi connectivity index (χ4n) is 5.42. The number of carbonyl (C=O) groups excluding carboxylic acids is 1. The zero-order valence-electron chi connectivity index (χ0n) is 17.6. The molecule has 6 heteroatoms. The van der Waals surface area contributed by atoms with Crippen molar-refractivity contribution in [2.45, 2.75) is 31.5 Å². The van der Waals surface area contributed by atoms with E-state index in [0.717, 1.165) is 76.3 Å². The van der Waals surface area contributed by atoms with Crippen LogP contribution in [0.1, 0.15) is 24.8 Å². The lowest BCUT2D eigenvalue weighted by molar-refractivity contribution is -0.170. The molecule has 1 aromatic carbocycles. The van der Waals surface area contributed by atoms with Gasteiger partial charge in [0.1, 0.15) is 6.10 Å². The Labute approximate surface area is 178 Å². The number of ketones is 1. The van der Waals surface area contributed by atoms with Gasteiger partial charge >= 0.3 is 0 Å². The molecular formula is C24H32N2O4. The Kier molecular flexibility index (Phi) is 6.18. The van der Waals surface area contributed by atoms with Crippen molar-refractivity contribution in [2.75, 3.05) is 52.7 Å². The number of hydrogen-bond donors (Lipinski definition) is 0. The van der Waals surface area contributed by atoms with Gasteiger partial charge in [0.2, 0.25) is 0 Å². The average molecular weight is 413 g/mol. The normalized spacial score (nSPS) is 32.7. The number of benzene rings is 1. The molecule has 0 radical (unpaired) electrons. The molecular weight excluding hydrogens is 380 g/mol. The number of carbonyl (C=O) groups is 1. The highest BCUT2D eigenvalue weighted by Crippen LogP contribution is 2.41. The zero-order valence-corrected chi connectivity index (χ0v) is 17.6. The Morgan fingerprint density at radius 3 is 2.63 bits per heavy atom. The molecule has 2 saturated heterocycles. The second-order valence-corrected chi connectivity index (χ2v) is 8.93. The van der Waals surface area contributed by atoms with Crippen LogP contribution in [-0.2, 0) is 19.0 Å². The minimum Gasteiger partial charge on any atom is -0.496 e. The molecule has 4 atom stereocenters. The van der Waals surface area contributed by atoms with E-state index in [2.05, 4.69) is 9.80 Å². The summed E-state index contributed by atoms with van der Waals surface area (Å²) in [5.41, 5.74) is 1.67. The molecule has 1 aromatic rings. The number of fused-ring (bicyclic) bond motifs is 3. The number of nitrogens with zero attached hydrogens (tertiary/aromatic N) is 2. The van der Waals surface area contributed by atoms with E-state index in [4.69, 9.17) is 14.2 Å². The lowest BCUT2D eigenvalue weighted by atomic mass is 9.71. The van der Waals surface area contributed by atoms with Crippen molar-refractivity contribution in [3.8, 4) is 0 Å². The van der Waals surface area contributed by atoms with Gasteiger partial charge in [0.25, 0.3) is 0 Å². The number of allylic oxidation sites excluding steroid dienone is 1. The molecule has 4 unspecified atom stereocenters. The summed E-state index contributed by atoms with van der Waals surface area (Å²) in [6.45, 7) is 7.56. The van der Waals surface area contributed by atoms with Gasteiger partial charge in [-0.05, 0) is 31.4 Å². The van der Waals surface area contributed by atoms with Gasteiger partial charge in [0.05, 0.1) is 43.8 Å². The minimum absolute atomic E-state index is 0.0524. The van der Waals surface area contributed by atoms with Gasteiger partial charge in [-0.2, -0.15) is 0 Å². The first kappa shape index (κ1) is 20.2. The molecule has 0 N–H and O–H groups in total. The van der Waals surface area contributed by atoms with Crippen molar-refractivity contribution in [1.29, 1.82) is 0 Å². The van der Waals surface area contributed by atoms with E-state index in [9.17, 15) is 4.79 Å². The number of morpholine rings is 1. The van der Waals surface area contributed by atoms with E-state index in [1.807, 2.05) is 30.3 Å². The monoisotopic (exact) mass is 412 g/mol. The Hall–Kier alpha value is -1.73. The summed E-state index contributed by atoms with van der Waals surface area (Å²) < 4.78 is 17.9. The van der Waals surface area contributed by atoms with E-state index in [0.29, 0.717) is 6.73 Å². The summed E-state index contributed by atoms with van der Waals surface area (Å²) in [4.78, 5) is 18.1. The topological polar surface area (TPSA) is 51.2 Å². The van der Waals surface area contributed by atoms with Gasteiger partial charge in [-0.1, -0.05) is 30.3 Å². The molecule has 162 valence electrons. The number of ether oxygens (including phenoxy) is 3. The van der Waals surface area contributed by atoms with Crippen molar-refractivity contribution >= 4 is 11.4 Å². The molecule has 0 aromatic heterocycles. The van der Waals surface area contributed by atoms with Crippen molar-refractivity contribution < 1.29 is 19.0 Å². The van der Waals surface area contributed by atoms with E-state index in [1.165, 1.54) is 0 Å². The van der Waals surface area contributed by atoms with E-state index < -0.39 is 0 Å². The Bertz CT molecular complexity index is 762. The molecule has 5 rings (SSSR count). The summed E-state index contributed by atoms with van der Waals surface area (Å²) in [6.07, 6.45) is 4.79. The van der Waals surface area contributed by atoms with Crippen molar-refractivity contribution in [3.63, 3.8) is 0 Å². The van der Waals surface area contributed by atoms with E-state index in [-0.39, 0.29) is 29.8 Å². The molecule has 30 heavy (non-hydrogen) atoms. The van der Waals surface area contributed by atoms with Crippen LogP contribution in [0.4, 0.5) is 0 Å². The van der Waals surface area contributed by atoms with E-state index >= 15 is 0 Å². The highest BCUT2D eigenvalue weighted by molar-refractivity contribution is 6.22. The van der Waals surface area contributed by atoms with Crippen LogP contribution in [-0.4, -0.2) is 80.5 Å². The molecule has 0 amide bonds. The molecule has 3 fully saturated rings. The Morgan fingerprint density at radius 1 is 1.00 bits per heavy atom. The van der Waals surface area contributed by atoms with Crippen LogP contribution in [0.25, 0.3) is 5.57 Å². The molecule has 1 saturated carbocycles. The van der Waals surface area contributed by atoms with Crippen LogP contribution >= 0.6 is 0 Å². The van der Waals surface area contributed by atoms with Crippen molar-refractivity contribution in [2.24, 2.45) is 11.8 Å². The van der Waals surface area contributed by atoms with Crippen LogP contribution in [0.5, 0.6) is 0 Å². The number of Topliss-reactive ketones (excluding diaryl/α,β-unsaturated/α-hetero) is 1. The third-order valence-corrected chi connectivity index (χ3v) is 7.08. The van der Waals surface area contributed by atoms with Gasteiger partial charge < -0.3 is 14.2 Å². The first-order valence-electron chi connectivity index (χ1n) is 11.4. The first-order chi connectivity index (χ1) is 14.8. The summed E-state index contributed by atoms with van der Waals surface area (Å²) in [6, 6.07) is 9.88. The maximum absolute atomic E-state index is 13.2. The second kappa shape index (κ2) is 9.18. The lowest BCUT2D eigenvalue weighted by Gasteiger charge is -2.48. The Balaban J connectivity index is 1.20. The zero-order chi connectivity index (χ0) is 20.3. The second-order valence-electron chi connectivity index (χ2n) is 8.93. The van der Waals surface area contributed by atoms with Crippen LogP contribution < -0.4 is 0 Å². The maximum Gasteiger partial charge on any atom is 0.173 e. The van der Waals surface area contributed by atoms with E-state index in [1.54, 1.807) is 6.26 Å². The van der Waals surface area contributed by atoms with Crippen LogP contribution in [0, 0.1) is 11.8 Å². The van der Waals surface area contributed by atoms with Gasteiger partial charge in [-0.25, -0.2) is 0 Å². The molecule has 0 spiro atoms. The fourth-order valence-corrected chi connectivity index (χ4v) is 5.42. The molecule has 6 nitrogen and oxygen atoms in total. The fraction of sp³-hybridized carbons (Fsp3) is 0.625. The molecule has 0 bridgehead atoms. The molecule has 1 aliphatic carbocycles. The lowest BCUT2D eigenvalue weighted by Crippen LogP contribution is -2.56. The third kappa shape index (κ3) is 4.19. The smallest absolute Gasteiger partial charge is 0.173 e. The summed E-state index contributed by atoms with van der Waals surface area (Å²) in [5.74, 6) is 0.446. The minimum atomic E-state index is -0.0641. The van der Waals surface area contributed by atoms with Crippen molar-refractivity contribution in [1.82, 2.24) is 9.80 Å². The van der Waals surface area contributed by atoms with Gasteiger partial charge in [0, 0.05) is 32.1 Å². The van der Waals surface area contributed by atoms with Crippen molar-refractivity contribution in [3.05, 3.63) is 42.2 Å². The molecule has 3 heterocycles. The first-order valence-corrected chi connectivity index (χ1v) is 11.4. The summed E-state index contributed by atoms with van der Waals surface area (Å²) in [7, 11) is 0. The quantitative estimate of drug-likeness (QED) is 0.740. The highest BCUT2D eigenvalue weighted by Gasteiger charge is 2.48. The molecule has 3 aliphatic heterocycles. The Morgan fingerprint density at radius 2 is 1.80 bits per heavy atom. The van der Waals surface area contributed by atoms with Gasteiger partial charge in [-0.3, -0.25) is 14.6 Å². The van der Waals surface area contributed by atoms with Crippen LogP contribution in [0.15, 0.2) is 36.6 Å². The van der Waals surface area contributed by atoms with Crippen LogP contribution in [0.3, 0.4) is 0 Å². The predicted molar refractivity (Wildman–Crippen MR) is 114 cm³/mol. The third-order valence-electron chi connectivity index (χ3n) is 7.08. The summed E-state index contributed by atoms with van der Waals surface area (Å²) >= 11 is 0. The largest absolute Gasteiger partial charge is 0.496 e. The maximum atomic E-state index is 13.2. The highest BCUT2D eigenvalue weighted by atomic mass is 16.5. The number of hydrogen-bond acceptors (Lipinski definition) is 6. The standard InChI is InChI=1S/C24H32N2O4/c27-23-19-7-8-22-20(24(19)29-16-21(23)18-5-2-1-3-6-18)15-26(17-30-22)10-4-9-25-11-13-28-14-12-25/h1-3,5-6,16,19-20,22,24H,4,7-15,17H2. The predicted octanol–water partition coefficient (Wildman–Crippen LogP) is 2.40. The molecule has 4 aliphatic rings. The number of rotatable bonds is 5. The SMILES string of the molecule is O=C1C(c2ccccc2)=COC2C1CCC1OCN(CCCN3CCOCC3)CC12. The van der Waals surface area contributed by atoms with Gasteiger partial charge in [0.15, 0.2) is 5.78 Å².